The molecule has 3 rings (SSSR count). The molecule has 128 valence electrons. The molecule has 1 fully saturated rings. The quantitative estimate of drug-likeness (QED) is 0.846. The minimum absolute atomic E-state index is 0.486. The Hall–Kier alpha value is -1.91. The van der Waals surface area contributed by atoms with Gasteiger partial charge in [-0.25, -0.2) is 0 Å². The van der Waals surface area contributed by atoms with E-state index >= 15 is 0 Å². The van der Waals surface area contributed by atoms with E-state index in [0.29, 0.717) is 5.92 Å². The van der Waals surface area contributed by atoms with Gasteiger partial charge < -0.3 is 9.47 Å². The fourth-order valence-electron chi connectivity index (χ4n) is 3.22. The van der Waals surface area contributed by atoms with Crippen LogP contribution in [-0.2, 0) is 17.7 Å². The molecule has 2 heterocycles. The maximum atomic E-state index is 5.82. The van der Waals surface area contributed by atoms with E-state index in [1.807, 2.05) is 25.1 Å². The van der Waals surface area contributed by atoms with Crippen LogP contribution in [0.25, 0.3) is 0 Å². The van der Waals surface area contributed by atoms with Gasteiger partial charge in [-0.2, -0.15) is 0 Å². The van der Waals surface area contributed by atoms with Crippen LogP contribution in [0.4, 0.5) is 0 Å². The van der Waals surface area contributed by atoms with E-state index in [1.54, 1.807) is 7.11 Å². The van der Waals surface area contributed by atoms with Crippen LogP contribution in [0.1, 0.15) is 17.0 Å². The van der Waals surface area contributed by atoms with Crippen molar-refractivity contribution in [2.24, 2.45) is 5.92 Å². The third-order valence-electron chi connectivity index (χ3n) is 4.43. The third kappa shape index (κ3) is 4.79. The number of ether oxygens (including phenoxy) is 2. The van der Waals surface area contributed by atoms with Gasteiger partial charge in [-0.05, 0) is 43.2 Å². The Morgan fingerprint density at radius 3 is 2.79 bits per heavy atom. The Morgan fingerprint density at radius 1 is 1.21 bits per heavy atom. The summed E-state index contributed by atoms with van der Waals surface area (Å²) in [5.74, 6) is 1.39. The Morgan fingerprint density at radius 2 is 2.04 bits per heavy atom. The summed E-state index contributed by atoms with van der Waals surface area (Å²) < 4.78 is 11.1. The first kappa shape index (κ1) is 16.9. The standard InChI is InChI=1S/C20H26N2O2/c1-16-4-3-5-19(21-16)12-18-14-22(10-11-24-15-18)13-17-6-8-20(23-2)9-7-17/h3-9,18H,10-15H2,1-2H3/t18-/m1/s1. The fourth-order valence-corrected chi connectivity index (χ4v) is 3.22. The first-order valence-electron chi connectivity index (χ1n) is 8.58. The van der Waals surface area contributed by atoms with Crippen molar-refractivity contribution < 1.29 is 9.47 Å². The topological polar surface area (TPSA) is 34.6 Å². The van der Waals surface area contributed by atoms with Crippen LogP contribution in [0.5, 0.6) is 5.75 Å². The zero-order valence-corrected chi connectivity index (χ0v) is 14.6. The van der Waals surface area contributed by atoms with Crippen molar-refractivity contribution in [2.75, 3.05) is 33.4 Å². The predicted octanol–water partition coefficient (Wildman–Crippen LogP) is 3.09. The maximum absolute atomic E-state index is 5.82. The molecule has 4 heteroatoms. The van der Waals surface area contributed by atoms with Crippen LogP contribution >= 0.6 is 0 Å². The van der Waals surface area contributed by atoms with Crippen LogP contribution in [0, 0.1) is 12.8 Å². The zero-order chi connectivity index (χ0) is 16.8. The lowest BCUT2D eigenvalue weighted by Gasteiger charge is -2.23. The average Bonchev–Trinajstić information content (AvgIpc) is 2.80. The number of nitrogens with zero attached hydrogens (tertiary/aromatic N) is 2. The first-order valence-corrected chi connectivity index (χ1v) is 8.58. The van der Waals surface area contributed by atoms with E-state index in [-0.39, 0.29) is 0 Å². The molecule has 24 heavy (non-hydrogen) atoms. The van der Waals surface area contributed by atoms with Crippen molar-refractivity contribution in [3.8, 4) is 5.75 Å². The molecule has 0 spiro atoms. The van der Waals surface area contributed by atoms with E-state index in [9.17, 15) is 0 Å². The minimum Gasteiger partial charge on any atom is -0.497 e. The second kappa shape index (κ2) is 8.27. The first-order chi connectivity index (χ1) is 11.7. The van der Waals surface area contributed by atoms with Gasteiger partial charge in [-0.15, -0.1) is 0 Å². The van der Waals surface area contributed by atoms with E-state index in [4.69, 9.17) is 9.47 Å². The molecular weight excluding hydrogens is 300 g/mol. The molecule has 0 aliphatic carbocycles. The van der Waals surface area contributed by atoms with Crippen LogP contribution < -0.4 is 4.74 Å². The number of hydrogen-bond donors (Lipinski definition) is 0. The Balaban J connectivity index is 1.61. The van der Waals surface area contributed by atoms with E-state index in [1.165, 1.54) is 5.56 Å². The summed E-state index contributed by atoms with van der Waals surface area (Å²) in [5.41, 5.74) is 3.55. The van der Waals surface area contributed by atoms with Crippen molar-refractivity contribution in [1.29, 1.82) is 0 Å². The van der Waals surface area contributed by atoms with Crippen molar-refractivity contribution in [1.82, 2.24) is 9.88 Å². The van der Waals surface area contributed by atoms with Gasteiger partial charge in [0.1, 0.15) is 5.75 Å². The van der Waals surface area contributed by atoms with E-state index in [0.717, 1.165) is 56.4 Å². The summed E-state index contributed by atoms with van der Waals surface area (Å²) in [7, 11) is 1.70. The van der Waals surface area contributed by atoms with Gasteiger partial charge in [0.05, 0.1) is 20.3 Å². The molecule has 0 radical (unpaired) electrons. The van der Waals surface area contributed by atoms with Crippen molar-refractivity contribution in [3.63, 3.8) is 0 Å². The smallest absolute Gasteiger partial charge is 0.118 e. The van der Waals surface area contributed by atoms with Crippen LogP contribution in [0.3, 0.4) is 0 Å². The predicted molar refractivity (Wildman–Crippen MR) is 95.3 cm³/mol. The van der Waals surface area contributed by atoms with Gasteiger partial charge in [0, 0.05) is 36.9 Å². The van der Waals surface area contributed by atoms with Crippen LogP contribution in [0.15, 0.2) is 42.5 Å². The molecule has 0 N–H and O–H groups in total. The van der Waals surface area contributed by atoms with Crippen molar-refractivity contribution in [2.45, 2.75) is 19.9 Å². The molecule has 0 unspecified atom stereocenters. The lowest BCUT2D eigenvalue weighted by atomic mass is 10.0. The molecule has 2 aromatic rings. The van der Waals surface area contributed by atoms with Gasteiger partial charge in [0.15, 0.2) is 0 Å². The maximum Gasteiger partial charge on any atom is 0.118 e. The van der Waals surface area contributed by atoms with Gasteiger partial charge in [0.25, 0.3) is 0 Å². The van der Waals surface area contributed by atoms with E-state index < -0.39 is 0 Å². The second-order valence-electron chi connectivity index (χ2n) is 6.50. The van der Waals surface area contributed by atoms with Crippen molar-refractivity contribution >= 4 is 0 Å². The molecule has 0 saturated carbocycles. The molecule has 1 atom stereocenters. The molecule has 0 bridgehead atoms. The highest BCUT2D eigenvalue weighted by Gasteiger charge is 2.19. The molecule has 1 aliphatic heterocycles. The van der Waals surface area contributed by atoms with Crippen LogP contribution in [-0.4, -0.2) is 43.3 Å². The summed E-state index contributed by atoms with van der Waals surface area (Å²) >= 11 is 0. The highest BCUT2D eigenvalue weighted by atomic mass is 16.5. The van der Waals surface area contributed by atoms with Gasteiger partial charge >= 0.3 is 0 Å². The number of aryl methyl sites for hydroxylation is 1. The summed E-state index contributed by atoms with van der Waals surface area (Å²) in [6.07, 6.45) is 0.973. The molecule has 1 aromatic carbocycles. The molecule has 1 saturated heterocycles. The third-order valence-corrected chi connectivity index (χ3v) is 4.43. The lowest BCUT2D eigenvalue weighted by molar-refractivity contribution is 0.121. The Labute approximate surface area is 144 Å². The van der Waals surface area contributed by atoms with Gasteiger partial charge in [-0.1, -0.05) is 18.2 Å². The normalized spacial score (nSPS) is 19.0. The van der Waals surface area contributed by atoms with Gasteiger partial charge in [0.2, 0.25) is 0 Å². The molecule has 0 amide bonds. The largest absolute Gasteiger partial charge is 0.497 e. The average molecular weight is 326 g/mol. The lowest BCUT2D eigenvalue weighted by Crippen LogP contribution is -2.30. The number of rotatable bonds is 5. The van der Waals surface area contributed by atoms with Gasteiger partial charge in [-0.3, -0.25) is 9.88 Å². The van der Waals surface area contributed by atoms with Crippen LogP contribution in [0.2, 0.25) is 0 Å². The number of benzene rings is 1. The minimum atomic E-state index is 0.486. The Kier molecular flexibility index (Phi) is 5.83. The number of aromatic nitrogens is 1. The number of pyridine rings is 1. The number of methoxy groups -OCH3 is 1. The molecule has 4 nitrogen and oxygen atoms in total. The highest BCUT2D eigenvalue weighted by molar-refractivity contribution is 5.27. The summed E-state index contributed by atoms with van der Waals surface area (Å²) in [5, 5.41) is 0. The van der Waals surface area contributed by atoms with Crippen molar-refractivity contribution in [3.05, 3.63) is 59.4 Å². The monoisotopic (exact) mass is 326 g/mol. The molecule has 1 aromatic heterocycles. The molecular formula is C20H26N2O2. The fraction of sp³-hybridized carbons (Fsp3) is 0.450. The molecule has 1 aliphatic rings. The second-order valence-corrected chi connectivity index (χ2v) is 6.50. The Bertz CT molecular complexity index is 642. The summed E-state index contributed by atoms with van der Waals surface area (Å²) in [6.45, 7) is 6.63. The number of hydrogen-bond acceptors (Lipinski definition) is 4. The summed E-state index contributed by atoms with van der Waals surface area (Å²) in [4.78, 5) is 7.12. The zero-order valence-electron chi connectivity index (χ0n) is 14.6. The highest BCUT2D eigenvalue weighted by Crippen LogP contribution is 2.17. The SMILES string of the molecule is COc1ccc(CN2CCOC[C@H](Cc3cccc(C)n3)C2)cc1. The summed E-state index contributed by atoms with van der Waals surface area (Å²) in [6, 6.07) is 14.6. The van der Waals surface area contributed by atoms with E-state index in [2.05, 4.69) is 34.1 Å².